The molecule has 5 heteroatoms. The van der Waals surface area contributed by atoms with Crippen molar-refractivity contribution in [2.45, 2.75) is 33.6 Å². The highest BCUT2D eigenvalue weighted by Crippen LogP contribution is 2.19. The van der Waals surface area contributed by atoms with Crippen LogP contribution in [0, 0.1) is 5.41 Å². The first-order valence-electron chi connectivity index (χ1n) is 10.3. The third kappa shape index (κ3) is 8.76. The quantitative estimate of drug-likeness (QED) is 0.675. The summed E-state index contributed by atoms with van der Waals surface area (Å²) in [5, 5.41) is 3.07. The number of nitrogens with one attached hydrogen (secondary N) is 1. The molecule has 1 heterocycles. The molecule has 1 amide bonds. The van der Waals surface area contributed by atoms with E-state index < -0.39 is 0 Å². The molecule has 0 aromatic heterocycles. The van der Waals surface area contributed by atoms with Crippen LogP contribution in [0.1, 0.15) is 33.6 Å². The smallest absolute Gasteiger partial charge is 0.234 e. The van der Waals surface area contributed by atoms with Crippen LogP contribution in [0.2, 0.25) is 0 Å². The van der Waals surface area contributed by atoms with E-state index in [1.54, 1.807) is 0 Å². The molecular formula is C22H38N4O. The minimum atomic E-state index is 0.153. The average Bonchev–Trinajstić information content (AvgIpc) is 2.64. The predicted molar refractivity (Wildman–Crippen MR) is 114 cm³/mol. The minimum absolute atomic E-state index is 0.153. The van der Waals surface area contributed by atoms with Crippen LogP contribution < -0.4 is 10.2 Å². The summed E-state index contributed by atoms with van der Waals surface area (Å²) < 4.78 is 0. The van der Waals surface area contributed by atoms with Crippen molar-refractivity contribution >= 4 is 11.6 Å². The maximum atomic E-state index is 12.2. The van der Waals surface area contributed by atoms with E-state index in [0.717, 1.165) is 45.7 Å². The van der Waals surface area contributed by atoms with Crippen molar-refractivity contribution in [1.82, 2.24) is 15.1 Å². The van der Waals surface area contributed by atoms with Gasteiger partial charge >= 0.3 is 0 Å². The molecule has 152 valence electrons. The second-order valence-electron chi connectivity index (χ2n) is 8.89. The third-order valence-corrected chi connectivity index (χ3v) is 5.20. The molecule has 0 radical (unpaired) electrons. The molecule has 1 aromatic rings. The van der Waals surface area contributed by atoms with Gasteiger partial charge in [0.05, 0.1) is 6.54 Å². The number of para-hydroxylation sites is 1. The maximum absolute atomic E-state index is 12.2. The maximum Gasteiger partial charge on any atom is 0.234 e. The van der Waals surface area contributed by atoms with Gasteiger partial charge in [-0.25, -0.2) is 0 Å². The van der Waals surface area contributed by atoms with E-state index in [1.165, 1.54) is 18.7 Å². The van der Waals surface area contributed by atoms with Gasteiger partial charge in [0.15, 0.2) is 0 Å². The van der Waals surface area contributed by atoms with Crippen LogP contribution in [0.25, 0.3) is 0 Å². The Balaban J connectivity index is 1.55. The highest BCUT2D eigenvalue weighted by molar-refractivity contribution is 5.78. The van der Waals surface area contributed by atoms with Crippen molar-refractivity contribution in [2.75, 3.05) is 64.3 Å². The lowest BCUT2D eigenvalue weighted by Crippen LogP contribution is -2.50. The molecule has 1 N–H and O–H groups in total. The first-order valence-corrected chi connectivity index (χ1v) is 10.3. The van der Waals surface area contributed by atoms with Crippen LogP contribution in [0.15, 0.2) is 30.3 Å². The van der Waals surface area contributed by atoms with Crippen molar-refractivity contribution in [2.24, 2.45) is 5.41 Å². The molecule has 1 aliphatic rings. The van der Waals surface area contributed by atoms with Gasteiger partial charge < -0.3 is 15.1 Å². The molecule has 0 saturated carbocycles. The number of piperazine rings is 1. The number of benzene rings is 1. The van der Waals surface area contributed by atoms with Crippen LogP contribution in [0.3, 0.4) is 0 Å². The molecule has 5 nitrogen and oxygen atoms in total. The monoisotopic (exact) mass is 374 g/mol. The molecule has 0 bridgehead atoms. The summed E-state index contributed by atoms with van der Waals surface area (Å²) in [6.45, 7) is 14.4. The van der Waals surface area contributed by atoms with Crippen molar-refractivity contribution < 1.29 is 4.79 Å². The highest BCUT2D eigenvalue weighted by atomic mass is 16.2. The van der Waals surface area contributed by atoms with E-state index in [2.05, 4.69) is 72.1 Å². The van der Waals surface area contributed by atoms with E-state index in [0.29, 0.717) is 12.0 Å². The SMILES string of the molecule is CN(CCCNC(=O)CN1CCN(CCC(C)(C)C)CC1)c1ccccc1. The standard InChI is InChI=1S/C22H38N4O/c1-22(2,3)11-14-25-15-17-26(18-16-25)19-21(27)23-12-8-13-24(4)20-9-6-5-7-10-20/h5-7,9-10H,8,11-19H2,1-4H3,(H,23,27). The fourth-order valence-electron chi connectivity index (χ4n) is 3.28. The summed E-state index contributed by atoms with van der Waals surface area (Å²) in [6, 6.07) is 10.4. The molecule has 0 atom stereocenters. The third-order valence-electron chi connectivity index (χ3n) is 5.20. The van der Waals surface area contributed by atoms with E-state index >= 15 is 0 Å². The van der Waals surface area contributed by atoms with Gasteiger partial charge in [0.25, 0.3) is 0 Å². The molecule has 1 fully saturated rings. The molecule has 0 aliphatic carbocycles. The summed E-state index contributed by atoms with van der Waals surface area (Å²) in [7, 11) is 2.09. The Morgan fingerprint density at radius 1 is 1.07 bits per heavy atom. The van der Waals surface area contributed by atoms with Gasteiger partial charge in [-0.05, 0) is 36.9 Å². The Kier molecular flexibility index (Phi) is 8.58. The van der Waals surface area contributed by atoms with E-state index in [1.807, 2.05) is 6.07 Å². The Bertz CT molecular complexity index is 547. The predicted octanol–water partition coefficient (Wildman–Crippen LogP) is 2.68. The molecular weight excluding hydrogens is 336 g/mol. The van der Waals surface area contributed by atoms with Crippen LogP contribution in [0.5, 0.6) is 0 Å². The number of carbonyl (C=O) groups excluding carboxylic acids is 1. The number of hydrogen-bond acceptors (Lipinski definition) is 4. The average molecular weight is 375 g/mol. The molecule has 0 spiro atoms. The normalized spacial score (nSPS) is 16.3. The van der Waals surface area contributed by atoms with Crippen molar-refractivity contribution in [1.29, 1.82) is 0 Å². The first-order chi connectivity index (χ1) is 12.8. The molecule has 1 saturated heterocycles. The molecule has 27 heavy (non-hydrogen) atoms. The van der Waals surface area contributed by atoms with Crippen LogP contribution in [-0.4, -0.2) is 75.1 Å². The van der Waals surface area contributed by atoms with Crippen molar-refractivity contribution in [3.05, 3.63) is 30.3 Å². The molecule has 0 unspecified atom stereocenters. The molecule has 2 rings (SSSR count). The zero-order chi connectivity index (χ0) is 19.7. The van der Waals surface area contributed by atoms with Gasteiger partial charge in [-0.1, -0.05) is 39.0 Å². The van der Waals surface area contributed by atoms with Gasteiger partial charge in [-0.2, -0.15) is 0 Å². The summed E-state index contributed by atoms with van der Waals surface area (Å²) in [5.41, 5.74) is 1.61. The van der Waals surface area contributed by atoms with Gasteiger partial charge in [-0.15, -0.1) is 0 Å². The van der Waals surface area contributed by atoms with Gasteiger partial charge in [-0.3, -0.25) is 9.69 Å². The molecule has 1 aliphatic heterocycles. The fraction of sp³-hybridized carbons (Fsp3) is 0.682. The number of hydrogen-bond donors (Lipinski definition) is 1. The van der Waals surface area contributed by atoms with E-state index in [9.17, 15) is 4.79 Å². The van der Waals surface area contributed by atoms with E-state index in [-0.39, 0.29) is 5.91 Å². The van der Waals surface area contributed by atoms with E-state index in [4.69, 9.17) is 0 Å². The van der Waals surface area contributed by atoms with Crippen LogP contribution in [-0.2, 0) is 4.79 Å². The Morgan fingerprint density at radius 2 is 1.70 bits per heavy atom. The van der Waals surface area contributed by atoms with Crippen LogP contribution >= 0.6 is 0 Å². The topological polar surface area (TPSA) is 38.8 Å². The number of carbonyl (C=O) groups is 1. The highest BCUT2D eigenvalue weighted by Gasteiger charge is 2.20. The number of anilines is 1. The van der Waals surface area contributed by atoms with Gasteiger partial charge in [0.1, 0.15) is 0 Å². The fourth-order valence-corrected chi connectivity index (χ4v) is 3.28. The zero-order valence-corrected chi connectivity index (χ0v) is 17.7. The first kappa shape index (κ1) is 21.7. The van der Waals surface area contributed by atoms with Gasteiger partial charge in [0.2, 0.25) is 5.91 Å². The van der Waals surface area contributed by atoms with Crippen LogP contribution in [0.4, 0.5) is 5.69 Å². The lowest BCUT2D eigenvalue weighted by Gasteiger charge is -2.35. The Labute approximate surface area is 165 Å². The summed E-state index contributed by atoms with van der Waals surface area (Å²) in [5.74, 6) is 0.153. The molecule has 1 aromatic carbocycles. The summed E-state index contributed by atoms with van der Waals surface area (Å²) >= 11 is 0. The second-order valence-corrected chi connectivity index (χ2v) is 8.89. The largest absolute Gasteiger partial charge is 0.375 e. The Hall–Kier alpha value is -1.59. The van der Waals surface area contributed by atoms with Crippen molar-refractivity contribution in [3.8, 4) is 0 Å². The number of nitrogens with zero attached hydrogens (tertiary/aromatic N) is 3. The summed E-state index contributed by atoms with van der Waals surface area (Å²) in [6.07, 6.45) is 2.18. The van der Waals surface area contributed by atoms with Gasteiger partial charge in [0, 0.05) is 52.0 Å². The second kappa shape index (κ2) is 10.7. The number of amides is 1. The zero-order valence-electron chi connectivity index (χ0n) is 17.7. The minimum Gasteiger partial charge on any atom is -0.375 e. The van der Waals surface area contributed by atoms with Crippen molar-refractivity contribution in [3.63, 3.8) is 0 Å². The lowest BCUT2D eigenvalue weighted by molar-refractivity contribution is -0.122. The Morgan fingerprint density at radius 3 is 2.33 bits per heavy atom. The summed E-state index contributed by atoms with van der Waals surface area (Å²) in [4.78, 5) is 19.2. The number of rotatable bonds is 9. The lowest BCUT2D eigenvalue weighted by atomic mass is 9.92.